The van der Waals surface area contributed by atoms with Crippen LogP contribution in [-0.2, 0) is 0 Å². The Bertz CT molecular complexity index is 592. The first-order chi connectivity index (χ1) is 10.6. The molecular formula is C20H27NO. The van der Waals surface area contributed by atoms with E-state index in [0.29, 0.717) is 18.4 Å². The zero-order valence-electron chi connectivity index (χ0n) is 14.0. The summed E-state index contributed by atoms with van der Waals surface area (Å²) in [5.74, 6) is 2.02. The molecular weight excluding hydrogens is 270 g/mol. The molecule has 0 radical (unpaired) electrons. The summed E-state index contributed by atoms with van der Waals surface area (Å²) in [6, 6.07) is 17.0. The molecule has 0 fully saturated rings. The Labute approximate surface area is 134 Å². The topological polar surface area (TPSA) is 35.2 Å². The summed E-state index contributed by atoms with van der Waals surface area (Å²) in [5, 5.41) is 0. The molecule has 0 aromatic heterocycles. The van der Waals surface area contributed by atoms with Crippen LogP contribution in [0.1, 0.15) is 55.2 Å². The summed E-state index contributed by atoms with van der Waals surface area (Å²) in [4.78, 5) is 0. The van der Waals surface area contributed by atoms with Gasteiger partial charge in [-0.15, -0.1) is 0 Å². The minimum atomic E-state index is 0.246. The molecule has 2 heteroatoms. The SMILES string of the molecule is COc1ccc(C(C)C)cc1C(CN)C(C)c1ccccc1. The quantitative estimate of drug-likeness (QED) is 0.841. The van der Waals surface area contributed by atoms with Gasteiger partial charge in [0, 0.05) is 5.92 Å². The second kappa shape index (κ2) is 7.46. The maximum absolute atomic E-state index is 6.14. The Morgan fingerprint density at radius 1 is 0.955 bits per heavy atom. The third-order valence-corrected chi connectivity index (χ3v) is 4.50. The number of nitrogens with two attached hydrogens (primary N) is 1. The van der Waals surface area contributed by atoms with Crippen molar-refractivity contribution in [1.29, 1.82) is 0 Å². The van der Waals surface area contributed by atoms with Crippen LogP contribution < -0.4 is 10.5 Å². The molecule has 0 aliphatic carbocycles. The molecule has 0 bridgehead atoms. The first-order valence-electron chi connectivity index (χ1n) is 8.01. The zero-order chi connectivity index (χ0) is 16.1. The molecule has 2 aromatic carbocycles. The Morgan fingerprint density at radius 2 is 1.64 bits per heavy atom. The lowest BCUT2D eigenvalue weighted by atomic mass is 9.81. The number of methoxy groups -OCH3 is 1. The van der Waals surface area contributed by atoms with Gasteiger partial charge >= 0.3 is 0 Å². The standard InChI is InChI=1S/C20H27NO/c1-14(2)17-10-11-20(22-4)18(12-17)19(13-21)15(3)16-8-6-5-7-9-16/h5-12,14-15,19H,13,21H2,1-4H3. The van der Waals surface area contributed by atoms with Crippen molar-refractivity contribution in [2.75, 3.05) is 13.7 Å². The number of benzene rings is 2. The maximum atomic E-state index is 6.14. The molecule has 118 valence electrons. The van der Waals surface area contributed by atoms with Crippen LogP contribution in [0.4, 0.5) is 0 Å². The molecule has 2 unspecified atom stereocenters. The molecule has 2 N–H and O–H groups in total. The second-order valence-electron chi connectivity index (χ2n) is 6.20. The van der Waals surface area contributed by atoms with E-state index in [4.69, 9.17) is 10.5 Å². The van der Waals surface area contributed by atoms with Crippen molar-refractivity contribution < 1.29 is 4.74 Å². The van der Waals surface area contributed by atoms with E-state index in [0.717, 1.165) is 5.75 Å². The van der Waals surface area contributed by atoms with Crippen LogP contribution >= 0.6 is 0 Å². The summed E-state index contributed by atoms with van der Waals surface area (Å²) in [6.45, 7) is 7.27. The molecule has 0 aliphatic rings. The fourth-order valence-corrected chi connectivity index (χ4v) is 2.99. The van der Waals surface area contributed by atoms with Crippen molar-refractivity contribution in [3.05, 3.63) is 65.2 Å². The summed E-state index contributed by atoms with van der Waals surface area (Å²) >= 11 is 0. The monoisotopic (exact) mass is 297 g/mol. The van der Waals surface area contributed by atoms with E-state index < -0.39 is 0 Å². The highest BCUT2D eigenvalue weighted by Gasteiger charge is 2.23. The van der Waals surface area contributed by atoms with E-state index >= 15 is 0 Å². The van der Waals surface area contributed by atoms with Crippen molar-refractivity contribution in [1.82, 2.24) is 0 Å². The van der Waals surface area contributed by atoms with E-state index in [9.17, 15) is 0 Å². The molecule has 0 amide bonds. The number of rotatable bonds is 6. The van der Waals surface area contributed by atoms with E-state index in [1.54, 1.807) is 7.11 Å². The van der Waals surface area contributed by atoms with E-state index in [-0.39, 0.29) is 5.92 Å². The van der Waals surface area contributed by atoms with Gasteiger partial charge in [-0.3, -0.25) is 0 Å². The summed E-state index contributed by atoms with van der Waals surface area (Å²) < 4.78 is 5.59. The molecule has 0 heterocycles. The van der Waals surface area contributed by atoms with Crippen LogP contribution in [0.3, 0.4) is 0 Å². The van der Waals surface area contributed by atoms with Crippen LogP contribution in [0.15, 0.2) is 48.5 Å². The van der Waals surface area contributed by atoms with Crippen molar-refractivity contribution in [3.8, 4) is 5.75 Å². The highest BCUT2D eigenvalue weighted by molar-refractivity contribution is 5.43. The van der Waals surface area contributed by atoms with Crippen LogP contribution in [0.25, 0.3) is 0 Å². The predicted molar refractivity (Wildman–Crippen MR) is 93.7 cm³/mol. The number of hydrogen-bond donors (Lipinski definition) is 1. The van der Waals surface area contributed by atoms with Gasteiger partial charge in [-0.25, -0.2) is 0 Å². The lowest BCUT2D eigenvalue weighted by Crippen LogP contribution is -2.19. The predicted octanol–water partition coefficient (Wildman–Crippen LogP) is 4.66. The van der Waals surface area contributed by atoms with Gasteiger partial charge < -0.3 is 10.5 Å². The first kappa shape index (κ1) is 16.6. The van der Waals surface area contributed by atoms with Gasteiger partial charge in [-0.05, 0) is 41.1 Å². The average molecular weight is 297 g/mol. The summed E-state index contributed by atoms with van der Waals surface area (Å²) in [6.07, 6.45) is 0. The van der Waals surface area contributed by atoms with E-state index in [1.807, 2.05) is 6.07 Å². The van der Waals surface area contributed by atoms with Gasteiger partial charge in [0.2, 0.25) is 0 Å². The largest absolute Gasteiger partial charge is 0.496 e. The van der Waals surface area contributed by atoms with Crippen molar-refractivity contribution in [2.45, 2.75) is 38.5 Å². The Balaban J connectivity index is 2.43. The summed E-state index contributed by atoms with van der Waals surface area (Å²) in [5.41, 5.74) is 10.00. The van der Waals surface area contributed by atoms with E-state index in [2.05, 4.69) is 63.2 Å². The fourth-order valence-electron chi connectivity index (χ4n) is 2.99. The van der Waals surface area contributed by atoms with Gasteiger partial charge in [0.15, 0.2) is 0 Å². The molecule has 0 saturated carbocycles. The third kappa shape index (κ3) is 3.50. The van der Waals surface area contributed by atoms with Gasteiger partial charge in [-0.2, -0.15) is 0 Å². The lowest BCUT2D eigenvalue weighted by Gasteiger charge is -2.26. The van der Waals surface area contributed by atoms with Crippen LogP contribution in [-0.4, -0.2) is 13.7 Å². The lowest BCUT2D eigenvalue weighted by molar-refractivity contribution is 0.401. The number of hydrogen-bond acceptors (Lipinski definition) is 2. The van der Waals surface area contributed by atoms with Crippen LogP contribution in [0, 0.1) is 0 Å². The van der Waals surface area contributed by atoms with Gasteiger partial charge in [-0.1, -0.05) is 63.2 Å². The molecule has 0 spiro atoms. The molecule has 2 nitrogen and oxygen atoms in total. The average Bonchev–Trinajstić information content (AvgIpc) is 2.56. The maximum Gasteiger partial charge on any atom is 0.122 e. The molecule has 2 aromatic rings. The highest BCUT2D eigenvalue weighted by atomic mass is 16.5. The van der Waals surface area contributed by atoms with Crippen LogP contribution in [0.2, 0.25) is 0 Å². The highest BCUT2D eigenvalue weighted by Crippen LogP contribution is 2.38. The number of ether oxygens (including phenoxy) is 1. The minimum Gasteiger partial charge on any atom is -0.496 e. The second-order valence-corrected chi connectivity index (χ2v) is 6.20. The van der Waals surface area contributed by atoms with Gasteiger partial charge in [0.25, 0.3) is 0 Å². The summed E-state index contributed by atoms with van der Waals surface area (Å²) in [7, 11) is 1.73. The Kier molecular flexibility index (Phi) is 5.62. The molecule has 22 heavy (non-hydrogen) atoms. The van der Waals surface area contributed by atoms with E-state index in [1.165, 1.54) is 16.7 Å². The third-order valence-electron chi connectivity index (χ3n) is 4.50. The Morgan fingerprint density at radius 3 is 2.18 bits per heavy atom. The molecule has 2 atom stereocenters. The fraction of sp³-hybridized carbons (Fsp3) is 0.400. The van der Waals surface area contributed by atoms with Crippen molar-refractivity contribution >= 4 is 0 Å². The van der Waals surface area contributed by atoms with Crippen LogP contribution in [0.5, 0.6) is 5.75 Å². The first-order valence-corrected chi connectivity index (χ1v) is 8.01. The normalized spacial score (nSPS) is 13.9. The smallest absolute Gasteiger partial charge is 0.122 e. The molecule has 0 aliphatic heterocycles. The Hall–Kier alpha value is -1.80. The van der Waals surface area contributed by atoms with Crippen molar-refractivity contribution in [3.63, 3.8) is 0 Å². The van der Waals surface area contributed by atoms with Gasteiger partial charge in [0.05, 0.1) is 7.11 Å². The van der Waals surface area contributed by atoms with Gasteiger partial charge in [0.1, 0.15) is 5.75 Å². The minimum absolute atomic E-state index is 0.246. The zero-order valence-corrected chi connectivity index (χ0v) is 14.0. The molecule has 2 rings (SSSR count). The molecule has 0 saturated heterocycles. The van der Waals surface area contributed by atoms with Crippen molar-refractivity contribution in [2.24, 2.45) is 5.73 Å².